The standard InChI is InChI=1S/C23H32N4O2.HI/c1-3-24-23(25-16-22(28)18-11-13-21(29-2)14-12-18)26-19-8-7-15-27(17-19)20-9-5-4-6-10-20;/h4-6,9-14,19,22,28H,3,7-8,15-17H2,1-2H3,(H2,24,25,26);1H. The van der Waals surface area contributed by atoms with Gasteiger partial charge in [-0.1, -0.05) is 30.3 Å². The lowest BCUT2D eigenvalue weighted by atomic mass is 10.0. The Labute approximate surface area is 196 Å². The molecule has 7 heteroatoms. The van der Waals surface area contributed by atoms with Gasteiger partial charge in [-0.05, 0) is 49.6 Å². The maximum absolute atomic E-state index is 10.5. The molecule has 0 spiro atoms. The van der Waals surface area contributed by atoms with Gasteiger partial charge < -0.3 is 25.4 Å². The number of rotatable bonds is 7. The molecule has 1 fully saturated rings. The minimum Gasteiger partial charge on any atom is -0.497 e. The third-order valence-electron chi connectivity index (χ3n) is 5.15. The monoisotopic (exact) mass is 524 g/mol. The first-order chi connectivity index (χ1) is 14.2. The molecular formula is C23H33IN4O2. The first-order valence-corrected chi connectivity index (χ1v) is 10.4. The summed E-state index contributed by atoms with van der Waals surface area (Å²) in [6.45, 7) is 5.14. The number of methoxy groups -OCH3 is 1. The number of aliphatic imine (C=N–C) groups is 1. The second-order valence-electron chi connectivity index (χ2n) is 7.27. The predicted octanol–water partition coefficient (Wildman–Crippen LogP) is 3.57. The fourth-order valence-corrected chi connectivity index (χ4v) is 3.59. The van der Waals surface area contributed by atoms with E-state index < -0.39 is 6.10 Å². The summed E-state index contributed by atoms with van der Waals surface area (Å²) in [7, 11) is 1.63. The Bertz CT molecular complexity index is 771. The van der Waals surface area contributed by atoms with Gasteiger partial charge in [0.25, 0.3) is 0 Å². The summed E-state index contributed by atoms with van der Waals surface area (Å²) in [5, 5.41) is 17.3. The third kappa shape index (κ3) is 7.05. The van der Waals surface area contributed by atoms with Crippen LogP contribution in [0.15, 0.2) is 59.6 Å². The quantitative estimate of drug-likeness (QED) is 0.294. The van der Waals surface area contributed by atoms with Crippen LogP contribution in [-0.2, 0) is 0 Å². The largest absolute Gasteiger partial charge is 0.497 e. The molecule has 6 nitrogen and oxygen atoms in total. The smallest absolute Gasteiger partial charge is 0.191 e. The molecule has 0 aliphatic carbocycles. The molecule has 2 aromatic carbocycles. The number of ether oxygens (including phenoxy) is 1. The van der Waals surface area contributed by atoms with Crippen LogP contribution in [0, 0.1) is 0 Å². The fraction of sp³-hybridized carbons (Fsp3) is 0.435. The molecule has 0 radical (unpaired) electrons. The van der Waals surface area contributed by atoms with Gasteiger partial charge in [0.15, 0.2) is 5.96 Å². The van der Waals surface area contributed by atoms with E-state index in [9.17, 15) is 5.11 Å². The highest BCUT2D eigenvalue weighted by Crippen LogP contribution is 2.20. The Balaban J connectivity index is 0.00000320. The molecule has 3 N–H and O–H groups in total. The number of piperidine rings is 1. The predicted molar refractivity (Wildman–Crippen MR) is 134 cm³/mol. The van der Waals surface area contributed by atoms with Gasteiger partial charge in [0.2, 0.25) is 0 Å². The van der Waals surface area contributed by atoms with E-state index in [4.69, 9.17) is 4.74 Å². The molecule has 0 saturated carbocycles. The van der Waals surface area contributed by atoms with Crippen LogP contribution in [0.4, 0.5) is 5.69 Å². The summed E-state index contributed by atoms with van der Waals surface area (Å²) in [6.07, 6.45) is 1.60. The van der Waals surface area contributed by atoms with Gasteiger partial charge in [-0.3, -0.25) is 4.99 Å². The summed E-state index contributed by atoms with van der Waals surface area (Å²) in [5.74, 6) is 1.53. The van der Waals surface area contributed by atoms with Crippen molar-refractivity contribution >= 4 is 35.6 Å². The number of aliphatic hydroxyl groups excluding tert-OH is 1. The van der Waals surface area contributed by atoms with E-state index in [1.165, 1.54) is 5.69 Å². The van der Waals surface area contributed by atoms with Gasteiger partial charge in [0.05, 0.1) is 19.8 Å². The van der Waals surface area contributed by atoms with Crippen molar-refractivity contribution in [2.24, 2.45) is 4.99 Å². The van der Waals surface area contributed by atoms with Crippen LogP contribution in [0.2, 0.25) is 0 Å². The summed E-state index contributed by atoms with van der Waals surface area (Å²) in [4.78, 5) is 7.03. The second-order valence-corrected chi connectivity index (χ2v) is 7.27. The summed E-state index contributed by atoms with van der Waals surface area (Å²) in [5.41, 5.74) is 2.09. The molecule has 1 saturated heterocycles. The van der Waals surface area contributed by atoms with Crippen LogP contribution < -0.4 is 20.3 Å². The maximum Gasteiger partial charge on any atom is 0.191 e. The number of benzene rings is 2. The molecule has 0 aromatic heterocycles. The van der Waals surface area contributed by atoms with E-state index in [1.54, 1.807) is 7.11 Å². The van der Waals surface area contributed by atoms with Crippen LogP contribution in [-0.4, -0.2) is 50.4 Å². The zero-order chi connectivity index (χ0) is 20.5. The Kier molecular flexibility index (Phi) is 10.2. The van der Waals surface area contributed by atoms with Crippen molar-refractivity contribution in [1.29, 1.82) is 0 Å². The Morgan fingerprint density at radius 3 is 2.60 bits per heavy atom. The van der Waals surface area contributed by atoms with E-state index in [0.29, 0.717) is 12.6 Å². The van der Waals surface area contributed by atoms with Crippen LogP contribution in [0.5, 0.6) is 5.75 Å². The summed E-state index contributed by atoms with van der Waals surface area (Å²) in [6, 6.07) is 18.3. The average Bonchev–Trinajstić information content (AvgIpc) is 2.78. The molecule has 3 rings (SSSR count). The van der Waals surface area contributed by atoms with Crippen molar-refractivity contribution in [1.82, 2.24) is 10.6 Å². The fourth-order valence-electron chi connectivity index (χ4n) is 3.59. The van der Waals surface area contributed by atoms with Crippen molar-refractivity contribution in [3.8, 4) is 5.75 Å². The molecule has 1 aliphatic rings. The molecule has 2 aromatic rings. The lowest BCUT2D eigenvalue weighted by Gasteiger charge is -2.35. The van der Waals surface area contributed by atoms with E-state index in [-0.39, 0.29) is 24.0 Å². The molecule has 2 unspecified atom stereocenters. The van der Waals surface area contributed by atoms with Crippen LogP contribution in [0.3, 0.4) is 0 Å². The zero-order valence-corrected chi connectivity index (χ0v) is 20.1. The SMILES string of the molecule is CCNC(=NCC(O)c1ccc(OC)cc1)NC1CCCN(c2ccccc2)C1.I. The molecule has 164 valence electrons. The van der Waals surface area contributed by atoms with Gasteiger partial charge in [0, 0.05) is 31.4 Å². The van der Waals surface area contributed by atoms with Gasteiger partial charge in [-0.25, -0.2) is 0 Å². The van der Waals surface area contributed by atoms with E-state index in [2.05, 4.69) is 44.8 Å². The minimum absolute atomic E-state index is 0. The number of anilines is 1. The molecule has 0 amide bonds. The average molecular weight is 524 g/mol. The number of nitrogens with one attached hydrogen (secondary N) is 2. The molecule has 30 heavy (non-hydrogen) atoms. The van der Waals surface area contributed by atoms with Crippen molar-refractivity contribution in [2.75, 3.05) is 38.2 Å². The third-order valence-corrected chi connectivity index (χ3v) is 5.15. The number of hydrogen-bond acceptors (Lipinski definition) is 4. The second kappa shape index (κ2) is 12.6. The molecule has 1 heterocycles. The molecule has 0 bridgehead atoms. The maximum atomic E-state index is 10.5. The Hall–Kier alpha value is -2.00. The van der Waals surface area contributed by atoms with E-state index >= 15 is 0 Å². The topological polar surface area (TPSA) is 69.1 Å². The first-order valence-electron chi connectivity index (χ1n) is 10.4. The van der Waals surface area contributed by atoms with Crippen LogP contribution in [0.25, 0.3) is 0 Å². The van der Waals surface area contributed by atoms with Crippen LogP contribution in [0.1, 0.15) is 31.4 Å². The normalized spacial score (nSPS) is 17.6. The number of aliphatic hydroxyl groups is 1. The van der Waals surface area contributed by atoms with Crippen LogP contribution >= 0.6 is 24.0 Å². The Morgan fingerprint density at radius 2 is 1.93 bits per heavy atom. The Morgan fingerprint density at radius 1 is 1.20 bits per heavy atom. The number of hydrogen-bond donors (Lipinski definition) is 3. The van der Waals surface area contributed by atoms with Crippen molar-refractivity contribution < 1.29 is 9.84 Å². The number of halogens is 1. The number of guanidine groups is 1. The van der Waals surface area contributed by atoms with Crippen molar-refractivity contribution in [3.05, 3.63) is 60.2 Å². The van der Waals surface area contributed by atoms with Gasteiger partial charge in [-0.2, -0.15) is 0 Å². The lowest BCUT2D eigenvalue weighted by Crippen LogP contribution is -2.51. The highest BCUT2D eigenvalue weighted by Gasteiger charge is 2.21. The first kappa shape index (κ1) is 24.3. The molecule has 1 aliphatic heterocycles. The number of para-hydroxylation sites is 1. The van der Waals surface area contributed by atoms with Crippen molar-refractivity contribution in [2.45, 2.75) is 31.9 Å². The van der Waals surface area contributed by atoms with Gasteiger partial charge in [-0.15, -0.1) is 24.0 Å². The highest BCUT2D eigenvalue weighted by molar-refractivity contribution is 14.0. The summed E-state index contributed by atoms with van der Waals surface area (Å²) < 4.78 is 5.17. The highest BCUT2D eigenvalue weighted by atomic mass is 127. The number of nitrogens with zero attached hydrogens (tertiary/aromatic N) is 2. The lowest BCUT2D eigenvalue weighted by molar-refractivity contribution is 0.187. The van der Waals surface area contributed by atoms with Crippen molar-refractivity contribution in [3.63, 3.8) is 0 Å². The van der Waals surface area contributed by atoms with Gasteiger partial charge in [0.1, 0.15) is 5.75 Å². The summed E-state index contributed by atoms with van der Waals surface area (Å²) >= 11 is 0. The zero-order valence-electron chi connectivity index (χ0n) is 17.8. The molecule has 2 atom stereocenters. The molecular weight excluding hydrogens is 491 g/mol. The van der Waals surface area contributed by atoms with E-state index in [1.807, 2.05) is 37.3 Å². The van der Waals surface area contributed by atoms with E-state index in [0.717, 1.165) is 49.7 Å². The minimum atomic E-state index is -0.650. The van der Waals surface area contributed by atoms with Gasteiger partial charge >= 0.3 is 0 Å².